The largest absolute Gasteiger partial charge is 0.320 e. The van der Waals surface area contributed by atoms with Crippen molar-refractivity contribution < 1.29 is 26.0 Å². The van der Waals surface area contributed by atoms with Crippen LogP contribution in [0.4, 0.5) is 10.1 Å². The zero-order valence-corrected chi connectivity index (χ0v) is 22.4. The second-order valence-electron chi connectivity index (χ2n) is 8.55. The van der Waals surface area contributed by atoms with Crippen LogP contribution in [0.1, 0.15) is 34.3 Å². The number of nitrogens with zero attached hydrogens (tertiary/aromatic N) is 2. The molecule has 0 unspecified atom stereocenters. The van der Waals surface area contributed by atoms with Crippen LogP contribution in [0.5, 0.6) is 0 Å². The van der Waals surface area contributed by atoms with Crippen molar-refractivity contribution in [2.75, 3.05) is 29.7 Å². The molecule has 1 fully saturated rings. The van der Waals surface area contributed by atoms with Crippen LogP contribution in [0.25, 0.3) is 11.1 Å². The summed E-state index contributed by atoms with van der Waals surface area (Å²) in [6, 6.07) is 10.9. The zero-order chi connectivity index (χ0) is 26.1. The van der Waals surface area contributed by atoms with Gasteiger partial charge < -0.3 is 5.32 Å². The van der Waals surface area contributed by atoms with Gasteiger partial charge in [-0.3, -0.25) is 4.79 Å². The Morgan fingerprint density at radius 2 is 1.81 bits per heavy atom. The number of piperidine rings is 1. The van der Waals surface area contributed by atoms with Gasteiger partial charge in [-0.1, -0.05) is 23.7 Å². The Kier molecular flexibility index (Phi) is 7.81. The molecule has 8 nitrogen and oxygen atoms in total. The second kappa shape index (κ2) is 10.5. The van der Waals surface area contributed by atoms with Gasteiger partial charge in [-0.2, -0.15) is 0 Å². The van der Waals surface area contributed by atoms with Gasteiger partial charge in [-0.15, -0.1) is 11.3 Å². The molecule has 192 valence electrons. The lowest BCUT2D eigenvalue weighted by Crippen LogP contribution is -2.40. The number of benzene rings is 2. The van der Waals surface area contributed by atoms with E-state index in [1.165, 1.54) is 33.8 Å². The molecule has 36 heavy (non-hydrogen) atoms. The predicted octanol–water partition coefficient (Wildman–Crippen LogP) is 4.37. The number of carbonyl (C=O) groups excluding carboxylic acids is 1. The Labute approximate surface area is 218 Å². The van der Waals surface area contributed by atoms with E-state index in [9.17, 15) is 26.0 Å². The molecule has 0 bridgehead atoms. The number of rotatable bonds is 7. The van der Waals surface area contributed by atoms with E-state index in [1.807, 2.05) is 0 Å². The van der Waals surface area contributed by atoms with Gasteiger partial charge in [-0.25, -0.2) is 30.5 Å². The number of sulfone groups is 1. The van der Waals surface area contributed by atoms with Crippen molar-refractivity contribution in [1.82, 2.24) is 9.29 Å². The van der Waals surface area contributed by atoms with E-state index >= 15 is 0 Å². The van der Waals surface area contributed by atoms with Crippen LogP contribution in [0.3, 0.4) is 0 Å². The molecule has 0 aliphatic carbocycles. The number of hydrogen-bond acceptors (Lipinski definition) is 7. The summed E-state index contributed by atoms with van der Waals surface area (Å²) in [5.74, 6) is -0.942. The van der Waals surface area contributed by atoms with Crippen LogP contribution in [0.15, 0.2) is 47.8 Å². The molecule has 2 aromatic carbocycles. The molecule has 0 spiro atoms. The van der Waals surface area contributed by atoms with Crippen molar-refractivity contribution in [2.24, 2.45) is 0 Å². The molecule has 0 saturated carbocycles. The maximum atomic E-state index is 13.9. The second-order valence-corrected chi connectivity index (χ2v) is 14.4. The highest BCUT2D eigenvalue weighted by Crippen LogP contribution is 2.33. The van der Waals surface area contributed by atoms with Gasteiger partial charge in [0.25, 0.3) is 5.91 Å². The highest BCUT2D eigenvalue weighted by Gasteiger charge is 2.32. The first kappa shape index (κ1) is 26.7. The van der Waals surface area contributed by atoms with Gasteiger partial charge in [0.05, 0.1) is 5.01 Å². The van der Waals surface area contributed by atoms with Crippen LogP contribution in [-0.4, -0.2) is 56.5 Å². The quantitative estimate of drug-likeness (QED) is 0.450. The molecule has 0 atom stereocenters. The molecule has 0 radical (unpaired) electrons. The normalized spacial score (nSPS) is 15.6. The van der Waals surface area contributed by atoms with E-state index in [2.05, 4.69) is 10.3 Å². The molecule has 1 saturated heterocycles. The Balaban J connectivity index is 1.44. The molecule has 1 aromatic heterocycles. The molecule has 13 heteroatoms. The topological polar surface area (TPSA) is 114 Å². The van der Waals surface area contributed by atoms with Crippen molar-refractivity contribution in [1.29, 1.82) is 0 Å². The summed E-state index contributed by atoms with van der Waals surface area (Å²) < 4.78 is 62.7. The van der Waals surface area contributed by atoms with Gasteiger partial charge >= 0.3 is 0 Å². The minimum Gasteiger partial charge on any atom is -0.320 e. The lowest BCUT2D eigenvalue weighted by atomic mass is 9.99. The lowest BCUT2D eigenvalue weighted by Gasteiger charge is -2.30. The predicted molar refractivity (Wildman–Crippen MR) is 139 cm³/mol. The Morgan fingerprint density at radius 3 is 2.44 bits per heavy atom. The van der Waals surface area contributed by atoms with Gasteiger partial charge in [0, 0.05) is 46.9 Å². The number of anilines is 1. The number of sulfonamides is 1. The third-order valence-electron chi connectivity index (χ3n) is 5.70. The standard InChI is InChI=1S/C23H23ClFN3O5S3/c1-35(30,31)14-36(32,33)28-10-8-16(9-11-28)23-27-21(13-34-23)22(29)26-20-7-6-18(25)12-19(20)15-2-4-17(24)5-3-15/h2-7,12-13,16H,8-11,14H2,1H3,(H,26,29). The van der Waals surface area contributed by atoms with Crippen molar-refractivity contribution in [3.05, 3.63) is 69.4 Å². The van der Waals surface area contributed by atoms with Crippen molar-refractivity contribution in [3.63, 3.8) is 0 Å². The van der Waals surface area contributed by atoms with Gasteiger partial charge in [0.1, 0.15) is 11.5 Å². The Hall–Kier alpha value is -2.38. The van der Waals surface area contributed by atoms with E-state index in [4.69, 9.17) is 11.6 Å². The maximum absolute atomic E-state index is 13.9. The van der Waals surface area contributed by atoms with E-state index in [0.717, 1.165) is 6.26 Å². The smallest absolute Gasteiger partial charge is 0.275 e. The molecular formula is C23H23ClFN3O5S3. The number of aromatic nitrogens is 1. The lowest BCUT2D eigenvalue weighted by molar-refractivity contribution is 0.102. The van der Waals surface area contributed by atoms with Gasteiger partial charge in [-0.05, 0) is 48.7 Å². The third kappa shape index (κ3) is 6.48. The SMILES string of the molecule is CS(=O)(=O)CS(=O)(=O)N1CCC(c2nc(C(=O)Nc3ccc(F)cc3-c3ccc(Cl)cc3)cs2)CC1. The molecule has 1 N–H and O–H groups in total. The summed E-state index contributed by atoms with van der Waals surface area (Å²) in [4.78, 5) is 17.4. The molecule has 4 rings (SSSR count). The summed E-state index contributed by atoms with van der Waals surface area (Å²) in [7, 11) is -7.56. The minimum atomic E-state index is -3.89. The number of amides is 1. The third-order valence-corrected chi connectivity index (χ3v) is 11.0. The first-order chi connectivity index (χ1) is 16.9. The van der Waals surface area contributed by atoms with E-state index in [1.54, 1.807) is 29.6 Å². The highest BCUT2D eigenvalue weighted by atomic mass is 35.5. The van der Waals surface area contributed by atoms with Crippen LogP contribution in [0.2, 0.25) is 5.02 Å². The number of carbonyl (C=O) groups is 1. The van der Waals surface area contributed by atoms with E-state index in [0.29, 0.717) is 39.7 Å². The highest BCUT2D eigenvalue weighted by molar-refractivity contribution is 8.06. The van der Waals surface area contributed by atoms with Crippen LogP contribution >= 0.6 is 22.9 Å². The summed E-state index contributed by atoms with van der Waals surface area (Å²) in [5.41, 5.74) is 1.81. The number of hydrogen-bond donors (Lipinski definition) is 1. The van der Waals surface area contributed by atoms with Gasteiger partial charge in [0.15, 0.2) is 14.9 Å². The summed E-state index contributed by atoms with van der Waals surface area (Å²) in [6.07, 6.45) is 1.83. The van der Waals surface area contributed by atoms with Crippen LogP contribution < -0.4 is 5.32 Å². The van der Waals surface area contributed by atoms with Crippen LogP contribution in [0, 0.1) is 5.82 Å². The minimum absolute atomic E-state index is 0.0447. The van der Waals surface area contributed by atoms with Crippen molar-refractivity contribution in [3.8, 4) is 11.1 Å². The molecule has 1 amide bonds. The van der Waals surface area contributed by atoms with Gasteiger partial charge in [0.2, 0.25) is 10.0 Å². The summed E-state index contributed by atoms with van der Waals surface area (Å²) >= 11 is 7.26. The fraction of sp³-hybridized carbons (Fsp3) is 0.304. The Bertz CT molecular complexity index is 1480. The van der Waals surface area contributed by atoms with E-state index < -0.39 is 36.7 Å². The molecule has 3 aromatic rings. The number of nitrogens with one attached hydrogen (secondary N) is 1. The molecular weight excluding hydrogens is 549 g/mol. The first-order valence-electron chi connectivity index (χ1n) is 10.9. The average molecular weight is 572 g/mol. The number of halogens is 2. The Morgan fingerprint density at radius 1 is 1.14 bits per heavy atom. The zero-order valence-electron chi connectivity index (χ0n) is 19.1. The fourth-order valence-corrected chi connectivity index (χ4v) is 8.61. The fourth-order valence-electron chi connectivity index (χ4n) is 3.99. The molecule has 1 aliphatic heterocycles. The first-order valence-corrected chi connectivity index (χ1v) is 15.8. The maximum Gasteiger partial charge on any atom is 0.275 e. The van der Waals surface area contributed by atoms with Crippen molar-refractivity contribution >= 4 is 54.4 Å². The monoisotopic (exact) mass is 571 g/mol. The number of thiazole rings is 1. The summed E-state index contributed by atoms with van der Waals surface area (Å²) in [5, 5.41) is 4.75. The summed E-state index contributed by atoms with van der Waals surface area (Å²) in [6.45, 7) is 0.368. The van der Waals surface area contributed by atoms with E-state index in [-0.39, 0.29) is 24.7 Å². The molecule has 2 heterocycles. The van der Waals surface area contributed by atoms with Crippen LogP contribution in [-0.2, 0) is 19.9 Å². The molecule has 1 aliphatic rings. The average Bonchev–Trinajstić information content (AvgIpc) is 3.30. The van der Waals surface area contributed by atoms with Crippen molar-refractivity contribution in [2.45, 2.75) is 18.8 Å².